The summed E-state index contributed by atoms with van der Waals surface area (Å²) in [5.74, 6) is 13.2. The SMILES string of the molecule is CC(C)(C)C(C)(CCCN1CCCN2CCCN=C21)CCCN1CCCN2CCCN=C21.CC(C)(C)C(C)(CCCN1CCC[N+]2=C1CCCCC2)CCCN1CCC[N+]2=C1CCCCC2.CC(C)(C)C(CCCN1CCCN2CCCN=C21)CCCN1CCCN2CCCN=C21.C[N+]1=C2N(CCCC(CCCN3CCCN4CCC[N+](C)=C34)C(C)(C)C)CCCN2CCC1. The van der Waals surface area contributed by atoms with Crippen LogP contribution in [0.5, 0.6) is 0 Å². The van der Waals surface area contributed by atoms with Crippen molar-refractivity contribution in [3.05, 3.63) is 0 Å². The maximum absolute atomic E-state index is 4.88. The van der Waals surface area contributed by atoms with Crippen molar-refractivity contribution in [1.29, 1.82) is 0 Å². The summed E-state index contributed by atoms with van der Waals surface area (Å²) in [4.78, 5) is 56.1. The van der Waals surface area contributed by atoms with E-state index in [4.69, 9.17) is 20.0 Å². The van der Waals surface area contributed by atoms with Crippen LogP contribution in [-0.4, -0.2) is 397 Å². The Morgan fingerprint density at radius 2 is 0.492 bits per heavy atom. The van der Waals surface area contributed by atoms with Gasteiger partial charge in [0, 0.05) is 182 Å². The van der Waals surface area contributed by atoms with Gasteiger partial charge in [-0.05, 0) is 237 Å². The molecule has 130 heavy (non-hydrogen) atoms. The molecule has 0 bridgehead atoms. The van der Waals surface area contributed by atoms with Crippen molar-refractivity contribution in [3.8, 4) is 0 Å². The summed E-state index contributed by atoms with van der Waals surface area (Å²) in [6.07, 6.45) is 50.3. The van der Waals surface area contributed by atoms with Gasteiger partial charge in [0.25, 0.3) is 0 Å². The molecule has 16 heterocycles. The maximum atomic E-state index is 4.88. The van der Waals surface area contributed by atoms with Crippen molar-refractivity contribution in [2.24, 2.45) is 64.3 Å². The fourth-order valence-corrected chi connectivity index (χ4v) is 25.8. The molecule has 22 heteroatoms. The third kappa shape index (κ3) is 28.4. The van der Waals surface area contributed by atoms with Crippen LogP contribution in [0.2, 0.25) is 0 Å². The number of fused-ring (bicyclic) bond motifs is 6. The second-order valence-corrected chi connectivity index (χ2v) is 48.1. The van der Waals surface area contributed by atoms with Gasteiger partial charge in [0.05, 0.1) is 132 Å². The number of hydrogen-bond acceptors (Lipinski definition) is 18. The average molecular weight is 1810 g/mol. The van der Waals surface area contributed by atoms with Crippen molar-refractivity contribution >= 4 is 47.4 Å². The van der Waals surface area contributed by atoms with Gasteiger partial charge in [-0.15, -0.1) is 0 Å². The zero-order chi connectivity index (χ0) is 91.7. The van der Waals surface area contributed by atoms with E-state index in [0.717, 1.165) is 38.0 Å². The van der Waals surface area contributed by atoms with E-state index >= 15 is 0 Å². The first-order valence-corrected chi connectivity index (χ1v) is 55.7. The first-order chi connectivity index (χ1) is 62.6. The lowest BCUT2D eigenvalue weighted by Crippen LogP contribution is -2.57. The Labute approximate surface area is 797 Å². The molecule has 22 nitrogen and oxygen atoms in total. The van der Waals surface area contributed by atoms with Gasteiger partial charge in [0.1, 0.15) is 0 Å². The molecular weight excluding hydrogens is 1610 g/mol. The molecule has 16 rings (SSSR count). The molecule has 0 saturated carbocycles. The average Bonchev–Trinajstić information content (AvgIpc) is 1.01. The minimum Gasteiger partial charge on any atom is -0.343 e. The Morgan fingerprint density at radius 3 is 0.800 bits per heavy atom. The molecule has 0 aromatic rings. The predicted molar refractivity (Wildman–Crippen MR) is 550 cm³/mol. The van der Waals surface area contributed by atoms with Gasteiger partial charge >= 0.3 is 11.9 Å². The summed E-state index contributed by atoms with van der Waals surface area (Å²) < 4.78 is 10.5. The number of amidine groups is 2. The second kappa shape index (κ2) is 49.0. The Hall–Kier alpha value is -5.44. The van der Waals surface area contributed by atoms with E-state index in [1.807, 2.05) is 0 Å². The normalized spacial score (nSPS) is 22.5. The fraction of sp³-hybridized carbons (Fsp3) is 0.926. The molecular formula is C108H202N22+4. The number of nitrogens with zero attached hydrogens (tertiary/aromatic N) is 22. The molecule has 0 aliphatic carbocycles. The molecule has 0 spiro atoms. The highest BCUT2D eigenvalue weighted by Gasteiger charge is 2.44. The summed E-state index contributed by atoms with van der Waals surface area (Å²) in [6, 6.07) is 0. The third-order valence-corrected chi connectivity index (χ3v) is 34.9. The summed E-state index contributed by atoms with van der Waals surface area (Å²) >= 11 is 0. The highest BCUT2D eigenvalue weighted by Crippen LogP contribution is 2.48. The van der Waals surface area contributed by atoms with E-state index in [0.29, 0.717) is 32.5 Å². The molecule has 0 aromatic carbocycles. The zero-order valence-corrected chi connectivity index (χ0v) is 87.7. The Bertz CT molecular complexity index is 3510. The largest absolute Gasteiger partial charge is 0.350 e. The number of guanidine groups is 6. The first-order valence-electron chi connectivity index (χ1n) is 55.7. The predicted octanol–water partition coefficient (Wildman–Crippen LogP) is 16.9. The van der Waals surface area contributed by atoms with Crippen LogP contribution >= 0.6 is 0 Å². The summed E-state index contributed by atoms with van der Waals surface area (Å²) in [6.45, 7) is 80.7. The molecule has 16 aliphatic rings. The van der Waals surface area contributed by atoms with Crippen LogP contribution < -0.4 is 0 Å². The van der Waals surface area contributed by atoms with Crippen molar-refractivity contribution in [2.75, 3.05) is 263 Å². The van der Waals surface area contributed by atoms with E-state index in [1.165, 1.54) is 502 Å². The molecule has 16 aliphatic heterocycles. The molecule has 0 radical (unpaired) electrons. The monoisotopic (exact) mass is 1810 g/mol. The second-order valence-electron chi connectivity index (χ2n) is 48.1. The number of rotatable bonds is 32. The standard InChI is InChI=1S/C30H56N4.C27H52N6.C26H48N6.C25H46N6/c1-29(2,3)30(4,17-11-21-33-25-13-23-31-19-9-5-7-15-27(31)33)18-12-22-34-26-14-24-32-20-10-6-8-16-28(32)34;1-27(2,3)24(12-6-16-30-20-10-22-32-18-8-14-28(4)25(30)32)13-7-17-31-21-11-23-33-19-9-15-29(5)26(31)33;1-25(2,3)26(4,11-5-15-29-19-9-21-31-17-7-13-27-23(29)31)12-6-16-30-20-10-22-32-18-8-14-28-24(30)32;1-25(2,3)22(10-4-14-28-18-8-20-30-16-6-12-26-23(28)30)11-5-15-29-19-9-21-31-17-7-13-27-24(29)31/h5-26H2,1-4H3;24H,6-23H2,1-5H3;5-22H2,1-4H3;22H,4-21H2,1-3H3/q2*+2;;. The molecule has 0 aromatic heterocycles. The highest BCUT2D eigenvalue weighted by molar-refractivity contribution is 5.84. The van der Waals surface area contributed by atoms with Crippen LogP contribution in [0.1, 0.15) is 341 Å². The van der Waals surface area contributed by atoms with Gasteiger partial charge in [-0.3, -0.25) is 67.7 Å². The van der Waals surface area contributed by atoms with Crippen LogP contribution in [0, 0.1) is 44.3 Å². The lowest BCUT2D eigenvalue weighted by atomic mass is 9.63. The van der Waals surface area contributed by atoms with Crippen LogP contribution in [0.4, 0.5) is 0 Å². The molecule has 0 atom stereocenters. The van der Waals surface area contributed by atoms with Gasteiger partial charge in [-0.25, -0.2) is 0 Å². The van der Waals surface area contributed by atoms with Gasteiger partial charge in [0.15, 0.2) is 23.8 Å². The van der Waals surface area contributed by atoms with Crippen molar-refractivity contribution in [1.82, 2.24) is 68.6 Å². The molecule has 6 fully saturated rings. The van der Waals surface area contributed by atoms with Crippen LogP contribution in [0.25, 0.3) is 0 Å². The van der Waals surface area contributed by atoms with Crippen LogP contribution in [0.3, 0.4) is 0 Å². The number of aliphatic imine (C=N–C) groups is 4. The quantitative estimate of drug-likeness (QED) is 0.0597. The topological polar surface area (TPSA) is 107 Å². The lowest BCUT2D eigenvalue weighted by molar-refractivity contribution is -0.539. The van der Waals surface area contributed by atoms with E-state index in [1.54, 1.807) is 11.7 Å². The zero-order valence-electron chi connectivity index (χ0n) is 87.7. The maximum Gasteiger partial charge on any atom is 0.350 e. The Kier molecular flexibility index (Phi) is 38.5. The summed E-state index contributed by atoms with van der Waals surface area (Å²) in [7, 11) is 4.59. The van der Waals surface area contributed by atoms with Crippen LogP contribution in [0.15, 0.2) is 20.0 Å². The lowest BCUT2D eigenvalue weighted by Gasteiger charge is -2.45. The van der Waals surface area contributed by atoms with E-state index in [9.17, 15) is 0 Å². The summed E-state index contributed by atoms with van der Waals surface area (Å²) in [5.41, 5.74) is 2.23. The van der Waals surface area contributed by atoms with Crippen molar-refractivity contribution in [2.45, 2.75) is 341 Å². The van der Waals surface area contributed by atoms with Gasteiger partial charge in [-0.1, -0.05) is 96.9 Å². The van der Waals surface area contributed by atoms with Crippen molar-refractivity contribution < 1.29 is 18.3 Å². The van der Waals surface area contributed by atoms with Crippen LogP contribution in [-0.2, 0) is 0 Å². The van der Waals surface area contributed by atoms with Gasteiger partial charge in [0.2, 0.25) is 11.7 Å². The molecule has 0 amide bonds. The van der Waals surface area contributed by atoms with E-state index < -0.39 is 0 Å². The molecule has 0 unspecified atom stereocenters. The van der Waals surface area contributed by atoms with Crippen molar-refractivity contribution in [3.63, 3.8) is 0 Å². The minimum atomic E-state index is 0.319. The minimum absolute atomic E-state index is 0.319. The number of hydrogen-bond donors (Lipinski definition) is 0. The Morgan fingerprint density at radius 1 is 0.246 bits per heavy atom. The fourth-order valence-electron chi connectivity index (χ4n) is 25.8. The molecule has 0 N–H and O–H groups in total. The molecule has 740 valence electrons. The Balaban J connectivity index is 0.000000148. The highest BCUT2D eigenvalue weighted by atomic mass is 15.5. The first kappa shape index (κ1) is 102. The van der Waals surface area contributed by atoms with E-state index in [2.05, 4.69) is 198 Å². The third-order valence-electron chi connectivity index (χ3n) is 34.9. The van der Waals surface area contributed by atoms with Gasteiger partial charge < -0.3 is 39.2 Å². The smallest absolute Gasteiger partial charge is 0.343 e. The summed E-state index contributed by atoms with van der Waals surface area (Å²) in [5, 5.41) is 0. The molecule has 6 saturated heterocycles. The van der Waals surface area contributed by atoms with E-state index in [-0.39, 0.29) is 0 Å². The van der Waals surface area contributed by atoms with Gasteiger partial charge in [-0.2, -0.15) is 0 Å².